The summed E-state index contributed by atoms with van der Waals surface area (Å²) in [6.07, 6.45) is 1.07. The van der Waals surface area contributed by atoms with Gasteiger partial charge in [0.1, 0.15) is 13.2 Å². The summed E-state index contributed by atoms with van der Waals surface area (Å²) in [5.74, 6) is 0.201. The summed E-state index contributed by atoms with van der Waals surface area (Å²) in [7, 11) is -2.54. The van der Waals surface area contributed by atoms with Crippen LogP contribution < -0.4 is 14.2 Å². The monoisotopic (exact) mass is 460 g/mol. The Hall–Kier alpha value is -3.27. The average Bonchev–Trinajstić information content (AvgIpc) is 2.82. The van der Waals surface area contributed by atoms with E-state index in [2.05, 4.69) is 4.72 Å². The fraction of sp³-hybridized carbons (Fsp3) is 0.364. The zero-order chi connectivity index (χ0) is 22.7. The third kappa shape index (κ3) is 4.64. The van der Waals surface area contributed by atoms with E-state index in [1.807, 2.05) is 0 Å². The molecule has 170 valence electrons. The molecule has 0 aromatic heterocycles. The highest BCUT2D eigenvalue weighted by Crippen LogP contribution is 2.33. The molecule has 0 bridgehead atoms. The lowest BCUT2D eigenvalue weighted by atomic mass is 9.96. The number of hydrogen-bond donors (Lipinski definition) is 1. The molecule has 1 fully saturated rings. The lowest BCUT2D eigenvalue weighted by Gasteiger charge is -2.30. The second-order valence-corrected chi connectivity index (χ2v) is 9.26. The number of benzene rings is 2. The maximum absolute atomic E-state index is 12.9. The number of methoxy groups -OCH3 is 1. The molecule has 2 aromatic rings. The molecule has 0 radical (unpaired) electrons. The largest absolute Gasteiger partial charge is 0.486 e. The first-order chi connectivity index (χ1) is 15.4. The standard InChI is InChI=1S/C22H24N2O7S/c1-29-22(26)15-7-9-24(10-8-15)21(25)16-3-2-4-17(13-16)23-32(27,28)18-5-6-19-20(14-18)31-12-11-30-19/h2-6,13-15,23H,7-12H2,1H3. The van der Waals surface area contributed by atoms with Crippen molar-refractivity contribution in [3.05, 3.63) is 48.0 Å². The van der Waals surface area contributed by atoms with Crippen LogP contribution in [0.1, 0.15) is 23.2 Å². The van der Waals surface area contributed by atoms with Crippen molar-refractivity contribution in [2.45, 2.75) is 17.7 Å². The van der Waals surface area contributed by atoms with Gasteiger partial charge in [-0.05, 0) is 43.2 Å². The molecule has 0 spiro atoms. The first-order valence-corrected chi connectivity index (χ1v) is 11.8. The SMILES string of the molecule is COC(=O)C1CCN(C(=O)c2cccc(NS(=O)(=O)c3ccc4c(c3)OCCO4)c2)CC1. The van der Waals surface area contributed by atoms with Gasteiger partial charge >= 0.3 is 5.97 Å². The second-order valence-electron chi connectivity index (χ2n) is 7.58. The van der Waals surface area contributed by atoms with Gasteiger partial charge in [0.05, 0.1) is 17.9 Å². The molecule has 4 rings (SSSR count). The summed E-state index contributed by atoms with van der Waals surface area (Å²) in [4.78, 5) is 26.3. The van der Waals surface area contributed by atoms with Crippen LogP contribution in [-0.4, -0.2) is 58.6 Å². The smallest absolute Gasteiger partial charge is 0.308 e. The van der Waals surface area contributed by atoms with Crippen LogP contribution in [0.5, 0.6) is 11.5 Å². The second kappa shape index (κ2) is 9.07. The first-order valence-electron chi connectivity index (χ1n) is 10.3. The molecule has 10 heteroatoms. The molecule has 2 aliphatic rings. The highest BCUT2D eigenvalue weighted by Gasteiger charge is 2.28. The van der Waals surface area contributed by atoms with Crippen LogP contribution in [0.3, 0.4) is 0 Å². The first kappa shape index (κ1) is 21.9. The number of sulfonamides is 1. The van der Waals surface area contributed by atoms with Gasteiger partial charge in [-0.25, -0.2) is 8.42 Å². The van der Waals surface area contributed by atoms with Crippen LogP contribution in [0.2, 0.25) is 0 Å². The van der Waals surface area contributed by atoms with Crippen molar-refractivity contribution in [2.24, 2.45) is 5.92 Å². The van der Waals surface area contributed by atoms with Crippen LogP contribution in [0, 0.1) is 5.92 Å². The number of likely N-dealkylation sites (tertiary alicyclic amines) is 1. The number of carbonyl (C=O) groups is 2. The van der Waals surface area contributed by atoms with Crippen molar-refractivity contribution in [3.63, 3.8) is 0 Å². The Labute approximate surface area is 186 Å². The Morgan fingerprint density at radius 3 is 2.47 bits per heavy atom. The van der Waals surface area contributed by atoms with Gasteiger partial charge in [-0.2, -0.15) is 0 Å². The molecule has 1 amide bonds. The van der Waals surface area contributed by atoms with E-state index in [1.54, 1.807) is 29.2 Å². The third-order valence-corrected chi connectivity index (χ3v) is 6.88. The van der Waals surface area contributed by atoms with Gasteiger partial charge < -0.3 is 19.1 Å². The highest BCUT2D eigenvalue weighted by molar-refractivity contribution is 7.92. The van der Waals surface area contributed by atoms with Crippen LogP contribution in [0.25, 0.3) is 0 Å². The molecular formula is C22H24N2O7S. The van der Waals surface area contributed by atoms with Gasteiger partial charge in [0.25, 0.3) is 15.9 Å². The Morgan fingerprint density at radius 2 is 1.75 bits per heavy atom. The molecule has 0 atom stereocenters. The van der Waals surface area contributed by atoms with E-state index in [4.69, 9.17) is 14.2 Å². The number of nitrogens with one attached hydrogen (secondary N) is 1. The number of rotatable bonds is 5. The Kier molecular flexibility index (Phi) is 6.22. The maximum atomic E-state index is 12.9. The van der Waals surface area contributed by atoms with Gasteiger partial charge in [-0.15, -0.1) is 0 Å². The molecule has 2 aromatic carbocycles. The van der Waals surface area contributed by atoms with E-state index in [0.29, 0.717) is 56.2 Å². The average molecular weight is 461 g/mol. The summed E-state index contributed by atoms with van der Waals surface area (Å²) in [5.41, 5.74) is 0.638. The quantitative estimate of drug-likeness (QED) is 0.682. The van der Waals surface area contributed by atoms with Gasteiger partial charge in [0, 0.05) is 30.4 Å². The minimum absolute atomic E-state index is 0.0309. The number of ether oxygens (including phenoxy) is 3. The number of fused-ring (bicyclic) bond motifs is 1. The lowest BCUT2D eigenvalue weighted by Crippen LogP contribution is -2.40. The van der Waals surface area contributed by atoms with Crippen LogP contribution in [0.4, 0.5) is 5.69 Å². The fourth-order valence-electron chi connectivity index (χ4n) is 3.79. The zero-order valence-corrected chi connectivity index (χ0v) is 18.4. The van der Waals surface area contributed by atoms with Gasteiger partial charge in [0.15, 0.2) is 11.5 Å². The molecule has 0 aliphatic carbocycles. The number of carbonyl (C=O) groups excluding carboxylic acids is 2. The molecule has 0 saturated carbocycles. The topological polar surface area (TPSA) is 111 Å². The minimum Gasteiger partial charge on any atom is -0.486 e. The molecule has 2 heterocycles. The lowest BCUT2D eigenvalue weighted by molar-refractivity contribution is -0.146. The molecule has 0 unspecified atom stereocenters. The number of esters is 1. The molecule has 9 nitrogen and oxygen atoms in total. The Balaban J connectivity index is 1.46. The van der Waals surface area contributed by atoms with Crippen LogP contribution in [0.15, 0.2) is 47.4 Å². The highest BCUT2D eigenvalue weighted by atomic mass is 32.2. The van der Waals surface area contributed by atoms with Crippen molar-refractivity contribution in [1.29, 1.82) is 0 Å². The maximum Gasteiger partial charge on any atom is 0.308 e. The summed E-state index contributed by atoms with van der Waals surface area (Å²) in [6.45, 7) is 1.64. The van der Waals surface area contributed by atoms with E-state index in [9.17, 15) is 18.0 Å². The summed E-state index contributed by atoms with van der Waals surface area (Å²) >= 11 is 0. The predicted octanol–water partition coefficient (Wildman–Crippen LogP) is 2.28. The third-order valence-electron chi connectivity index (χ3n) is 5.50. The van der Waals surface area contributed by atoms with Crippen LogP contribution >= 0.6 is 0 Å². The van der Waals surface area contributed by atoms with Gasteiger partial charge in [-0.1, -0.05) is 6.07 Å². The van der Waals surface area contributed by atoms with Gasteiger partial charge in [-0.3, -0.25) is 14.3 Å². The predicted molar refractivity (Wildman–Crippen MR) is 115 cm³/mol. The van der Waals surface area contributed by atoms with E-state index in [-0.39, 0.29) is 28.4 Å². The van der Waals surface area contributed by atoms with E-state index in [0.717, 1.165) is 0 Å². The molecule has 1 N–H and O–H groups in total. The summed E-state index contributed by atoms with van der Waals surface area (Å²) in [6, 6.07) is 10.8. The number of anilines is 1. The molecule has 1 saturated heterocycles. The van der Waals surface area contributed by atoms with Crippen molar-refractivity contribution in [3.8, 4) is 11.5 Å². The molecular weight excluding hydrogens is 436 g/mol. The van der Waals surface area contributed by atoms with Crippen molar-refractivity contribution in [1.82, 2.24) is 4.90 Å². The van der Waals surface area contributed by atoms with E-state index < -0.39 is 10.0 Å². The summed E-state index contributed by atoms with van der Waals surface area (Å²) < 4.78 is 43.9. The van der Waals surface area contributed by atoms with Crippen molar-refractivity contribution >= 4 is 27.6 Å². The number of hydrogen-bond acceptors (Lipinski definition) is 7. The van der Waals surface area contributed by atoms with Crippen molar-refractivity contribution in [2.75, 3.05) is 38.1 Å². The number of nitrogens with zero attached hydrogens (tertiary/aromatic N) is 1. The van der Waals surface area contributed by atoms with E-state index >= 15 is 0 Å². The van der Waals surface area contributed by atoms with Crippen LogP contribution in [-0.2, 0) is 19.6 Å². The normalized spacial score (nSPS) is 16.3. The van der Waals surface area contributed by atoms with E-state index in [1.165, 1.54) is 25.3 Å². The van der Waals surface area contributed by atoms with Gasteiger partial charge in [0.2, 0.25) is 0 Å². The van der Waals surface area contributed by atoms with Crippen molar-refractivity contribution < 1.29 is 32.2 Å². The molecule has 32 heavy (non-hydrogen) atoms. The molecule has 2 aliphatic heterocycles. The fourth-order valence-corrected chi connectivity index (χ4v) is 4.85. The number of amides is 1. The Morgan fingerprint density at radius 1 is 1.03 bits per heavy atom. The summed E-state index contributed by atoms with van der Waals surface area (Å²) in [5, 5.41) is 0. The Bertz CT molecular complexity index is 1120. The number of piperidine rings is 1. The zero-order valence-electron chi connectivity index (χ0n) is 17.6. The minimum atomic E-state index is -3.90.